The smallest absolute Gasteiger partial charge is 0.267 e. The highest BCUT2D eigenvalue weighted by Crippen LogP contribution is 2.36. The number of nitrogens with two attached hydrogens (primary N) is 1. The van der Waals surface area contributed by atoms with Gasteiger partial charge in [0.05, 0.1) is 26.3 Å². The van der Waals surface area contributed by atoms with Crippen LogP contribution in [0.2, 0.25) is 0 Å². The number of hydrogen-bond acceptors (Lipinski definition) is 4. The lowest BCUT2D eigenvalue weighted by Crippen LogP contribution is -2.35. The molecule has 0 saturated carbocycles. The number of rotatable bonds is 3. The molecule has 7 heteroatoms. The number of carbonyl (C=O) groups is 1. The number of alkyl halides is 2. The zero-order valence-corrected chi connectivity index (χ0v) is 12.2. The van der Waals surface area contributed by atoms with E-state index in [0.717, 1.165) is 4.90 Å². The van der Waals surface area contributed by atoms with Crippen molar-refractivity contribution >= 4 is 11.6 Å². The van der Waals surface area contributed by atoms with E-state index in [1.54, 1.807) is 6.92 Å². The Balaban J connectivity index is 2.36. The standard InChI is InChI=1S/C14H18F2N2O3/c1-8-6-14(15,16)7-18(8)13(19)9-4-11(20-2)12(21-3)5-10(9)17/h4-5,8H,6-7,17H2,1-3H3/t8-/m1/s1. The highest BCUT2D eigenvalue weighted by Gasteiger charge is 2.45. The summed E-state index contributed by atoms with van der Waals surface area (Å²) in [6, 6.07) is 2.32. The fourth-order valence-corrected chi connectivity index (χ4v) is 2.52. The van der Waals surface area contributed by atoms with Gasteiger partial charge in [0.2, 0.25) is 0 Å². The molecule has 1 atom stereocenters. The van der Waals surface area contributed by atoms with E-state index in [1.165, 1.54) is 26.4 Å². The summed E-state index contributed by atoms with van der Waals surface area (Å²) in [5, 5.41) is 0. The molecule has 1 aromatic rings. The number of methoxy groups -OCH3 is 2. The van der Waals surface area contributed by atoms with Crippen molar-refractivity contribution in [2.75, 3.05) is 26.5 Å². The van der Waals surface area contributed by atoms with Gasteiger partial charge in [-0.05, 0) is 13.0 Å². The van der Waals surface area contributed by atoms with Crippen LogP contribution in [-0.2, 0) is 0 Å². The van der Waals surface area contributed by atoms with Crippen LogP contribution in [0.4, 0.5) is 14.5 Å². The Morgan fingerprint density at radius 3 is 2.38 bits per heavy atom. The summed E-state index contributed by atoms with van der Waals surface area (Å²) >= 11 is 0. The number of carbonyl (C=O) groups excluding carboxylic acids is 1. The minimum absolute atomic E-state index is 0.136. The lowest BCUT2D eigenvalue weighted by molar-refractivity contribution is 0.0118. The van der Waals surface area contributed by atoms with Crippen molar-refractivity contribution in [3.8, 4) is 11.5 Å². The third kappa shape index (κ3) is 2.86. The molecule has 1 saturated heterocycles. The van der Waals surface area contributed by atoms with E-state index in [0.29, 0.717) is 11.5 Å². The van der Waals surface area contributed by atoms with Crippen LogP contribution in [0.1, 0.15) is 23.7 Å². The lowest BCUT2D eigenvalue weighted by atomic mass is 10.1. The summed E-state index contributed by atoms with van der Waals surface area (Å²) < 4.78 is 37.0. The number of benzene rings is 1. The molecule has 0 bridgehead atoms. The summed E-state index contributed by atoms with van der Waals surface area (Å²) in [7, 11) is 2.87. The van der Waals surface area contributed by atoms with E-state index in [-0.39, 0.29) is 17.7 Å². The van der Waals surface area contributed by atoms with Gasteiger partial charge in [0, 0.05) is 24.2 Å². The zero-order chi connectivity index (χ0) is 15.8. The molecule has 1 aromatic carbocycles. The SMILES string of the molecule is COc1cc(N)c(C(=O)N2CC(F)(F)C[C@H]2C)cc1OC. The highest BCUT2D eigenvalue weighted by atomic mass is 19.3. The number of likely N-dealkylation sites (tertiary alicyclic amines) is 1. The monoisotopic (exact) mass is 300 g/mol. The molecule has 116 valence electrons. The molecular formula is C14H18F2N2O3. The molecular weight excluding hydrogens is 282 g/mol. The van der Waals surface area contributed by atoms with Crippen molar-refractivity contribution < 1.29 is 23.0 Å². The topological polar surface area (TPSA) is 64.8 Å². The summed E-state index contributed by atoms with van der Waals surface area (Å²) in [5.41, 5.74) is 6.13. The normalized spacial score (nSPS) is 20.4. The first-order chi connectivity index (χ1) is 9.79. The van der Waals surface area contributed by atoms with E-state index in [4.69, 9.17) is 15.2 Å². The molecule has 0 aliphatic carbocycles. The second-order valence-corrected chi connectivity index (χ2v) is 5.14. The molecule has 21 heavy (non-hydrogen) atoms. The van der Waals surface area contributed by atoms with E-state index < -0.39 is 24.4 Å². The first kappa shape index (κ1) is 15.3. The van der Waals surface area contributed by atoms with Crippen molar-refractivity contribution in [1.29, 1.82) is 0 Å². The highest BCUT2D eigenvalue weighted by molar-refractivity contribution is 6.00. The Morgan fingerprint density at radius 2 is 1.90 bits per heavy atom. The van der Waals surface area contributed by atoms with Crippen molar-refractivity contribution in [2.45, 2.75) is 25.3 Å². The predicted octanol–water partition coefficient (Wildman–Crippen LogP) is 2.16. The summed E-state index contributed by atoms with van der Waals surface area (Å²) in [4.78, 5) is 13.6. The van der Waals surface area contributed by atoms with Crippen molar-refractivity contribution in [1.82, 2.24) is 4.90 Å². The maximum absolute atomic E-state index is 13.4. The molecule has 0 aromatic heterocycles. The first-order valence-electron chi connectivity index (χ1n) is 6.49. The van der Waals surface area contributed by atoms with Gasteiger partial charge in [-0.2, -0.15) is 0 Å². The maximum atomic E-state index is 13.4. The van der Waals surface area contributed by atoms with Crippen LogP contribution in [0.15, 0.2) is 12.1 Å². The van der Waals surface area contributed by atoms with Gasteiger partial charge >= 0.3 is 0 Å². The van der Waals surface area contributed by atoms with E-state index in [2.05, 4.69) is 0 Å². The van der Waals surface area contributed by atoms with Gasteiger partial charge in [0.15, 0.2) is 11.5 Å². The summed E-state index contributed by atoms with van der Waals surface area (Å²) in [5.74, 6) is -2.68. The molecule has 2 rings (SSSR count). The number of nitrogens with zero attached hydrogens (tertiary/aromatic N) is 1. The number of hydrogen-bond donors (Lipinski definition) is 1. The molecule has 1 amide bonds. The average Bonchev–Trinajstić information content (AvgIpc) is 2.70. The number of ether oxygens (including phenoxy) is 2. The largest absolute Gasteiger partial charge is 0.493 e. The minimum Gasteiger partial charge on any atom is -0.493 e. The van der Waals surface area contributed by atoms with Crippen LogP contribution >= 0.6 is 0 Å². The zero-order valence-electron chi connectivity index (χ0n) is 12.2. The lowest BCUT2D eigenvalue weighted by Gasteiger charge is -2.22. The average molecular weight is 300 g/mol. The fraction of sp³-hybridized carbons (Fsp3) is 0.500. The maximum Gasteiger partial charge on any atom is 0.267 e. The molecule has 1 fully saturated rings. The third-order valence-electron chi connectivity index (χ3n) is 3.57. The van der Waals surface area contributed by atoms with Crippen LogP contribution in [0, 0.1) is 0 Å². The summed E-state index contributed by atoms with van der Waals surface area (Å²) in [6.07, 6.45) is -0.341. The van der Waals surface area contributed by atoms with Gasteiger partial charge in [-0.1, -0.05) is 0 Å². The molecule has 0 spiro atoms. The predicted molar refractivity (Wildman–Crippen MR) is 74.0 cm³/mol. The van der Waals surface area contributed by atoms with Crippen molar-refractivity contribution in [3.63, 3.8) is 0 Å². The van der Waals surface area contributed by atoms with Gasteiger partial charge in [0.25, 0.3) is 11.8 Å². The number of nitrogen functional groups attached to an aromatic ring is 1. The molecule has 1 aliphatic rings. The van der Waals surface area contributed by atoms with Crippen LogP contribution in [0.3, 0.4) is 0 Å². The minimum atomic E-state index is -2.86. The van der Waals surface area contributed by atoms with Gasteiger partial charge in [-0.3, -0.25) is 4.79 Å². The number of anilines is 1. The van der Waals surface area contributed by atoms with E-state index in [1.807, 2.05) is 0 Å². The Bertz CT molecular complexity index is 563. The van der Waals surface area contributed by atoms with Gasteiger partial charge in [0.1, 0.15) is 0 Å². The molecule has 1 heterocycles. The quantitative estimate of drug-likeness (QED) is 0.869. The molecule has 2 N–H and O–H groups in total. The number of halogens is 2. The van der Waals surface area contributed by atoms with Gasteiger partial charge in [-0.15, -0.1) is 0 Å². The van der Waals surface area contributed by atoms with E-state index in [9.17, 15) is 13.6 Å². The Morgan fingerprint density at radius 1 is 1.33 bits per heavy atom. The van der Waals surface area contributed by atoms with E-state index >= 15 is 0 Å². The van der Waals surface area contributed by atoms with Crippen LogP contribution < -0.4 is 15.2 Å². The van der Waals surface area contributed by atoms with Crippen LogP contribution in [-0.4, -0.2) is 43.5 Å². The molecule has 5 nitrogen and oxygen atoms in total. The van der Waals surface area contributed by atoms with Crippen molar-refractivity contribution in [3.05, 3.63) is 17.7 Å². The second-order valence-electron chi connectivity index (χ2n) is 5.14. The Labute approximate surface area is 121 Å². The second kappa shape index (κ2) is 5.38. The molecule has 0 radical (unpaired) electrons. The van der Waals surface area contributed by atoms with Crippen molar-refractivity contribution in [2.24, 2.45) is 0 Å². The molecule has 1 aliphatic heterocycles. The third-order valence-corrected chi connectivity index (χ3v) is 3.57. The first-order valence-corrected chi connectivity index (χ1v) is 6.49. The number of amides is 1. The van der Waals surface area contributed by atoms with Crippen LogP contribution in [0.25, 0.3) is 0 Å². The fourth-order valence-electron chi connectivity index (χ4n) is 2.52. The van der Waals surface area contributed by atoms with Crippen LogP contribution in [0.5, 0.6) is 11.5 Å². The Kier molecular flexibility index (Phi) is 3.93. The summed E-state index contributed by atoms with van der Waals surface area (Å²) in [6.45, 7) is 0.997. The Hall–Kier alpha value is -2.05. The van der Waals surface area contributed by atoms with Gasteiger partial charge in [-0.25, -0.2) is 8.78 Å². The van der Waals surface area contributed by atoms with Gasteiger partial charge < -0.3 is 20.1 Å². The molecule has 0 unspecified atom stereocenters.